The van der Waals surface area contributed by atoms with Crippen molar-refractivity contribution in [3.63, 3.8) is 0 Å². The van der Waals surface area contributed by atoms with Crippen molar-refractivity contribution in [2.75, 3.05) is 19.8 Å². The number of morpholine rings is 1. The van der Waals surface area contributed by atoms with Crippen molar-refractivity contribution >= 4 is 0 Å². The first-order chi connectivity index (χ1) is 8.00. The Hall–Kier alpha value is -1.14. The van der Waals surface area contributed by atoms with Gasteiger partial charge in [-0.15, -0.1) is 0 Å². The third kappa shape index (κ3) is 2.58. The van der Waals surface area contributed by atoms with Crippen LogP contribution >= 0.6 is 0 Å². The highest BCUT2D eigenvalue weighted by atomic mass is 19.4. The average molecular weight is 249 g/mol. The van der Waals surface area contributed by atoms with Gasteiger partial charge in [0.1, 0.15) is 5.82 Å². The number of rotatable bonds is 1. The van der Waals surface area contributed by atoms with Crippen molar-refractivity contribution in [1.82, 2.24) is 5.32 Å². The molecule has 0 spiro atoms. The van der Waals surface area contributed by atoms with Crippen LogP contribution in [-0.2, 0) is 10.9 Å². The van der Waals surface area contributed by atoms with E-state index in [2.05, 4.69) is 5.32 Å². The number of halogens is 4. The summed E-state index contributed by atoms with van der Waals surface area (Å²) in [6, 6.07) is 2.75. The third-order valence-corrected chi connectivity index (χ3v) is 2.63. The SMILES string of the molecule is Fc1cccc([C@@H]2COCCN2)c1C(F)(F)F. The highest BCUT2D eigenvalue weighted by molar-refractivity contribution is 5.34. The van der Waals surface area contributed by atoms with E-state index >= 15 is 0 Å². The largest absolute Gasteiger partial charge is 0.419 e. The van der Waals surface area contributed by atoms with Crippen LogP contribution in [-0.4, -0.2) is 19.8 Å². The molecule has 6 heteroatoms. The maximum atomic E-state index is 13.3. The van der Waals surface area contributed by atoms with Crippen LogP contribution in [0.4, 0.5) is 17.6 Å². The molecule has 0 unspecified atom stereocenters. The van der Waals surface area contributed by atoms with Crippen molar-refractivity contribution in [2.24, 2.45) is 0 Å². The van der Waals surface area contributed by atoms with Gasteiger partial charge in [0.05, 0.1) is 24.8 Å². The second-order valence-electron chi connectivity index (χ2n) is 3.78. The summed E-state index contributed by atoms with van der Waals surface area (Å²) in [5, 5.41) is 2.88. The van der Waals surface area contributed by atoms with E-state index < -0.39 is 23.6 Å². The molecule has 1 saturated heterocycles. The van der Waals surface area contributed by atoms with Gasteiger partial charge >= 0.3 is 6.18 Å². The summed E-state index contributed by atoms with van der Waals surface area (Å²) in [6.45, 7) is 1.03. The zero-order chi connectivity index (χ0) is 12.5. The Balaban J connectivity index is 2.42. The molecule has 1 aliphatic rings. The van der Waals surface area contributed by atoms with E-state index in [0.717, 1.165) is 6.07 Å². The third-order valence-electron chi connectivity index (χ3n) is 2.63. The average Bonchev–Trinajstić information content (AvgIpc) is 2.28. The van der Waals surface area contributed by atoms with Crippen molar-refractivity contribution in [1.29, 1.82) is 0 Å². The summed E-state index contributed by atoms with van der Waals surface area (Å²) in [7, 11) is 0. The molecule has 1 aromatic carbocycles. The fraction of sp³-hybridized carbons (Fsp3) is 0.455. The molecule has 0 aromatic heterocycles. The molecule has 1 aromatic rings. The van der Waals surface area contributed by atoms with Gasteiger partial charge in [-0.1, -0.05) is 12.1 Å². The molecule has 0 amide bonds. The fourth-order valence-corrected chi connectivity index (χ4v) is 1.90. The van der Waals surface area contributed by atoms with E-state index in [0.29, 0.717) is 13.2 Å². The molecule has 17 heavy (non-hydrogen) atoms. The predicted molar refractivity (Wildman–Crippen MR) is 53.0 cm³/mol. The summed E-state index contributed by atoms with van der Waals surface area (Å²) in [6.07, 6.45) is -4.69. The molecule has 1 heterocycles. The summed E-state index contributed by atoms with van der Waals surface area (Å²) < 4.78 is 56.7. The number of benzene rings is 1. The Morgan fingerprint density at radius 2 is 2.06 bits per heavy atom. The minimum absolute atomic E-state index is 0.0998. The second kappa shape index (κ2) is 4.62. The van der Waals surface area contributed by atoms with Crippen molar-refractivity contribution in [2.45, 2.75) is 12.2 Å². The first-order valence-corrected chi connectivity index (χ1v) is 5.17. The van der Waals surface area contributed by atoms with Crippen LogP contribution < -0.4 is 5.32 Å². The summed E-state index contributed by atoms with van der Waals surface area (Å²) in [5.41, 5.74) is -1.31. The zero-order valence-corrected chi connectivity index (χ0v) is 8.85. The number of nitrogens with one attached hydrogen (secondary N) is 1. The van der Waals surface area contributed by atoms with Gasteiger partial charge in [-0.3, -0.25) is 0 Å². The Morgan fingerprint density at radius 3 is 2.65 bits per heavy atom. The standard InChI is InChI=1S/C11H11F4NO/c12-8-3-1-2-7(10(8)11(13,14)15)9-6-17-5-4-16-9/h1-3,9,16H,4-6H2/t9-/m0/s1. The van der Waals surface area contributed by atoms with Crippen molar-refractivity contribution in [3.05, 3.63) is 35.1 Å². The highest BCUT2D eigenvalue weighted by Gasteiger charge is 2.38. The van der Waals surface area contributed by atoms with Crippen LogP contribution in [0.5, 0.6) is 0 Å². The van der Waals surface area contributed by atoms with E-state index in [-0.39, 0.29) is 12.2 Å². The van der Waals surface area contributed by atoms with Gasteiger partial charge in [-0.2, -0.15) is 13.2 Å². The number of hydrogen-bond acceptors (Lipinski definition) is 2. The molecule has 1 atom stereocenters. The molecule has 94 valence electrons. The van der Waals surface area contributed by atoms with Crippen LogP contribution in [0.3, 0.4) is 0 Å². The summed E-state index contributed by atoms with van der Waals surface area (Å²) >= 11 is 0. The van der Waals surface area contributed by atoms with Crippen LogP contribution in [0.25, 0.3) is 0 Å². The van der Waals surface area contributed by atoms with E-state index in [1.54, 1.807) is 0 Å². The molecule has 2 rings (SSSR count). The topological polar surface area (TPSA) is 21.3 Å². The molecule has 0 saturated carbocycles. The molecular weight excluding hydrogens is 238 g/mol. The van der Waals surface area contributed by atoms with Gasteiger partial charge in [0.25, 0.3) is 0 Å². The maximum absolute atomic E-state index is 13.3. The minimum Gasteiger partial charge on any atom is -0.378 e. The Labute approximate surface area is 95.6 Å². The first-order valence-electron chi connectivity index (χ1n) is 5.17. The Kier molecular flexibility index (Phi) is 3.35. The van der Waals surface area contributed by atoms with Crippen LogP contribution in [0.2, 0.25) is 0 Å². The molecule has 1 fully saturated rings. The van der Waals surface area contributed by atoms with Gasteiger partial charge in [0.15, 0.2) is 0 Å². The van der Waals surface area contributed by atoms with Crippen molar-refractivity contribution in [3.8, 4) is 0 Å². The molecule has 1 aliphatic heterocycles. The van der Waals surface area contributed by atoms with Gasteiger partial charge in [0.2, 0.25) is 0 Å². The molecule has 0 aliphatic carbocycles. The second-order valence-corrected chi connectivity index (χ2v) is 3.78. The smallest absolute Gasteiger partial charge is 0.378 e. The van der Waals surface area contributed by atoms with E-state index in [9.17, 15) is 17.6 Å². The van der Waals surface area contributed by atoms with Gasteiger partial charge in [-0.05, 0) is 11.6 Å². The highest BCUT2D eigenvalue weighted by Crippen LogP contribution is 2.36. The van der Waals surface area contributed by atoms with E-state index in [1.165, 1.54) is 12.1 Å². The van der Waals surface area contributed by atoms with Crippen LogP contribution in [0.15, 0.2) is 18.2 Å². The number of alkyl halides is 3. The lowest BCUT2D eigenvalue weighted by atomic mass is 9.99. The Morgan fingerprint density at radius 1 is 1.29 bits per heavy atom. The number of hydrogen-bond donors (Lipinski definition) is 1. The van der Waals surface area contributed by atoms with Crippen LogP contribution in [0.1, 0.15) is 17.2 Å². The van der Waals surface area contributed by atoms with Gasteiger partial charge in [-0.25, -0.2) is 4.39 Å². The number of ether oxygens (including phenoxy) is 1. The Bertz CT molecular complexity index is 399. The first kappa shape index (κ1) is 12.3. The summed E-state index contributed by atoms with van der Waals surface area (Å²) in [4.78, 5) is 0. The predicted octanol–water partition coefficient (Wildman–Crippen LogP) is 2.51. The maximum Gasteiger partial charge on any atom is 0.419 e. The molecular formula is C11H11F4NO. The lowest BCUT2D eigenvalue weighted by molar-refractivity contribution is -0.141. The molecule has 1 N–H and O–H groups in total. The molecule has 2 nitrogen and oxygen atoms in total. The summed E-state index contributed by atoms with van der Waals surface area (Å²) in [5.74, 6) is -1.25. The van der Waals surface area contributed by atoms with E-state index in [1.807, 2.05) is 0 Å². The van der Waals surface area contributed by atoms with Crippen LogP contribution in [0, 0.1) is 5.82 Å². The lowest BCUT2D eigenvalue weighted by Gasteiger charge is -2.26. The quantitative estimate of drug-likeness (QED) is 0.772. The monoisotopic (exact) mass is 249 g/mol. The van der Waals surface area contributed by atoms with Gasteiger partial charge < -0.3 is 10.1 Å². The van der Waals surface area contributed by atoms with Crippen molar-refractivity contribution < 1.29 is 22.3 Å². The minimum atomic E-state index is -4.69. The fourth-order valence-electron chi connectivity index (χ4n) is 1.90. The lowest BCUT2D eigenvalue weighted by Crippen LogP contribution is -2.36. The van der Waals surface area contributed by atoms with Gasteiger partial charge in [0, 0.05) is 6.54 Å². The van der Waals surface area contributed by atoms with E-state index in [4.69, 9.17) is 4.74 Å². The molecule has 0 bridgehead atoms. The molecule has 0 radical (unpaired) electrons. The zero-order valence-electron chi connectivity index (χ0n) is 8.85. The normalized spacial score (nSPS) is 21.5.